The summed E-state index contributed by atoms with van der Waals surface area (Å²) in [7, 11) is 0. The number of hydrogen-bond acceptors (Lipinski definition) is 2. The van der Waals surface area contributed by atoms with Crippen LogP contribution in [0.4, 0.5) is 8.78 Å². The normalized spacial score (nSPS) is 14.5. The Balaban J connectivity index is 2.72. The van der Waals surface area contributed by atoms with Crippen molar-refractivity contribution in [3.8, 4) is 0 Å². The largest absolute Gasteiger partial charge is 0.390 e. The van der Waals surface area contributed by atoms with Crippen LogP contribution in [0, 0.1) is 11.6 Å². The molecule has 0 spiro atoms. The maximum absolute atomic E-state index is 13.5. The van der Waals surface area contributed by atoms with E-state index in [4.69, 9.17) is 4.74 Å². The van der Waals surface area contributed by atoms with Crippen molar-refractivity contribution in [2.24, 2.45) is 0 Å². The lowest BCUT2D eigenvalue weighted by atomic mass is 10.0. The van der Waals surface area contributed by atoms with Crippen LogP contribution in [0.3, 0.4) is 0 Å². The highest BCUT2D eigenvalue weighted by molar-refractivity contribution is 5.19. The monoisotopic (exact) mass is 258 g/mol. The molecule has 1 aromatic carbocycles. The van der Waals surface area contributed by atoms with Gasteiger partial charge in [0.2, 0.25) is 0 Å². The van der Waals surface area contributed by atoms with Gasteiger partial charge in [-0.2, -0.15) is 0 Å². The zero-order valence-electron chi connectivity index (χ0n) is 10.8. The van der Waals surface area contributed by atoms with Crippen LogP contribution in [0.25, 0.3) is 0 Å². The van der Waals surface area contributed by atoms with E-state index in [1.54, 1.807) is 0 Å². The van der Waals surface area contributed by atoms with Gasteiger partial charge in [-0.15, -0.1) is 0 Å². The summed E-state index contributed by atoms with van der Waals surface area (Å²) < 4.78 is 31.9. The molecule has 2 nitrogen and oxygen atoms in total. The molecule has 0 aliphatic heterocycles. The number of aliphatic hydroxyl groups is 1. The van der Waals surface area contributed by atoms with Crippen molar-refractivity contribution >= 4 is 0 Å². The zero-order valence-corrected chi connectivity index (χ0v) is 10.8. The summed E-state index contributed by atoms with van der Waals surface area (Å²) >= 11 is 0. The van der Waals surface area contributed by atoms with Crippen LogP contribution in [0.1, 0.15) is 32.3 Å². The van der Waals surface area contributed by atoms with E-state index in [9.17, 15) is 13.9 Å². The molecule has 2 unspecified atom stereocenters. The van der Waals surface area contributed by atoms with Gasteiger partial charge in [0.05, 0.1) is 12.2 Å². The third kappa shape index (κ3) is 4.03. The minimum atomic E-state index is -0.886. The molecule has 0 saturated carbocycles. The van der Waals surface area contributed by atoms with Crippen LogP contribution >= 0.6 is 0 Å². The maximum atomic E-state index is 13.5. The SMILES string of the molecule is CCCC(OCC)C(O)Cc1cccc(F)c1F. The molecular weight excluding hydrogens is 238 g/mol. The molecule has 0 radical (unpaired) electrons. The van der Waals surface area contributed by atoms with E-state index in [0.717, 1.165) is 12.5 Å². The van der Waals surface area contributed by atoms with E-state index in [1.165, 1.54) is 12.1 Å². The molecule has 2 atom stereocenters. The number of rotatable bonds is 7. The molecule has 0 bridgehead atoms. The first-order valence-corrected chi connectivity index (χ1v) is 6.32. The standard InChI is InChI=1S/C14H20F2O2/c1-3-6-13(18-4-2)12(17)9-10-7-5-8-11(15)14(10)16/h5,7-8,12-13,17H,3-4,6,9H2,1-2H3. The lowest BCUT2D eigenvalue weighted by Crippen LogP contribution is -2.31. The van der Waals surface area contributed by atoms with Gasteiger partial charge < -0.3 is 9.84 Å². The summed E-state index contributed by atoms with van der Waals surface area (Å²) in [6.45, 7) is 4.33. The van der Waals surface area contributed by atoms with Crippen molar-refractivity contribution < 1.29 is 18.6 Å². The first-order valence-electron chi connectivity index (χ1n) is 6.32. The summed E-state index contributed by atoms with van der Waals surface area (Å²) in [4.78, 5) is 0. The van der Waals surface area contributed by atoms with Gasteiger partial charge >= 0.3 is 0 Å². The molecule has 0 aliphatic rings. The molecule has 1 rings (SSSR count). The minimum absolute atomic E-state index is 0.0637. The molecule has 18 heavy (non-hydrogen) atoms. The minimum Gasteiger partial charge on any atom is -0.390 e. The second-order valence-electron chi connectivity index (χ2n) is 4.27. The van der Waals surface area contributed by atoms with Gasteiger partial charge in [-0.25, -0.2) is 8.78 Å². The fraction of sp³-hybridized carbons (Fsp3) is 0.571. The predicted molar refractivity (Wildman–Crippen MR) is 66.4 cm³/mol. The Morgan fingerprint density at radius 3 is 2.61 bits per heavy atom. The molecule has 0 heterocycles. The van der Waals surface area contributed by atoms with E-state index in [-0.39, 0.29) is 18.1 Å². The molecular formula is C14H20F2O2. The van der Waals surface area contributed by atoms with Crippen molar-refractivity contribution in [1.82, 2.24) is 0 Å². The van der Waals surface area contributed by atoms with Crippen molar-refractivity contribution in [2.45, 2.75) is 45.3 Å². The molecule has 102 valence electrons. The van der Waals surface area contributed by atoms with Gasteiger partial charge in [-0.05, 0) is 25.0 Å². The van der Waals surface area contributed by atoms with E-state index < -0.39 is 17.7 Å². The highest BCUT2D eigenvalue weighted by Crippen LogP contribution is 2.17. The molecule has 0 amide bonds. The van der Waals surface area contributed by atoms with E-state index in [1.807, 2.05) is 13.8 Å². The second-order valence-corrected chi connectivity index (χ2v) is 4.27. The van der Waals surface area contributed by atoms with Crippen LogP contribution in [-0.4, -0.2) is 23.9 Å². The van der Waals surface area contributed by atoms with Gasteiger partial charge in [-0.3, -0.25) is 0 Å². The van der Waals surface area contributed by atoms with Gasteiger partial charge in [-0.1, -0.05) is 25.5 Å². The number of benzene rings is 1. The number of halogens is 2. The highest BCUT2D eigenvalue weighted by Gasteiger charge is 2.21. The lowest BCUT2D eigenvalue weighted by molar-refractivity contribution is -0.0366. The van der Waals surface area contributed by atoms with Crippen LogP contribution in [0.15, 0.2) is 18.2 Å². The Hall–Kier alpha value is -1.00. The van der Waals surface area contributed by atoms with E-state index >= 15 is 0 Å². The van der Waals surface area contributed by atoms with Crippen molar-refractivity contribution in [2.75, 3.05) is 6.61 Å². The maximum Gasteiger partial charge on any atom is 0.162 e. The molecule has 0 fully saturated rings. The first-order chi connectivity index (χ1) is 8.60. The van der Waals surface area contributed by atoms with Crippen molar-refractivity contribution in [3.05, 3.63) is 35.4 Å². The van der Waals surface area contributed by atoms with Crippen LogP contribution in [0.5, 0.6) is 0 Å². The highest BCUT2D eigenvalue weighted by atomic mass is 19.2. The summed E-state index contributed by atoms with van der Waals surface area (Å²) in [6.07, 6.45) is 0.483. The molecule has 4 heteroatoms. The van der Waals surface area contributed by atoms with Gasteiger partial charge in [0.1, 0.15) is 0 Å². The first kappa shape index (κ1) is 15.1. The predicted octanol–water partition coefficient (Wildman–Crippen LogP) is 3.07. The van der Waals surface area contributed by atoms with Crippen LogP contribution in [-0.2, 0) is 11.2 Å². The average Bonchev–Trinajstić information content (AvgIpc) is 2.34. The smallest absolute Gasteiger partial charge is 0.162 e. The Morgan fingerprint density at radius 1 is 1.28 bits per heavy atom. The molecule has 0 aromatic heterocycles. The van der Waals surface area contributed by atoms with Gasteiger partial charge in [0, 0.05) is 13.0 Å². The quantitative estimate of drug-likeness (QED) is 0.814. The second kappa shape index (κ2) is 7.44. The Kier molecular flexibility index (Phi) is 6.22. The van der Waals surface area contributed by atoms with Gasteiger partial charge in [0.25, 0.3) is 0 Å². The molecule has 1 N–H and O–H groups in total. The fourth-order valence-corrected chi connectivity index (χ4v) is 1.95. The lowest BCUT2D eigenvalue weighted by Gasteiger charge is -2.22. The zero-order chi connectivity index (χ0) is 13.5. The van der Waals surface area contributed by atoms with E-state index in [2.05, 4.69) is 0 Å². The molecule has 0 saturated heterocycles. The van der Waals surface area contributed by atoms with Crippen LogP contribution < -0.4 is 0 Å². The summed E-state index contributed by atoms with van der Waals surface area (Å²) in [5.41, 5.74) is 0.184. The van der Waals surface area contributed by atoms with Gasteiger partial charge in [0.15, 0.2) is 11.6 Å². The Labute approximate surface area is 107 Å². The Bertz CT molecular complexity index is 363. The topological polar surface area (TPSA) is 29.5 Å². The summed E-state index contributed by atoms with van der Waals surface area (Å²) in [5.74, 6) is -1.77. The van der Waals surface area contributed by atoms with Crippen molar-refractivity contribution in [1.29, 1.82) is 0 Å². The summed E-state index contributed by atoms with van der Waals surface area (Å²) in [6, 6.07) is 3.99. The molecule has 1 aromatic rings. The number of hydrogen-bond donors (Lipinski definition) is 1. The number of aliphatic hydroxyl groups excluding tert-OH is 1. The average molecular weight is 258 g/mol. The Morgan fingerprint density at radius 2 is 2.00 bits per heavy atom. The number of ether oxygens (including phenoxy) is 1. The third-order valence-corrected chi connectivity index (χ3v) is 2.84. The third-order valence-electron chi connectivity index (χ3n) is 2.84. The molecule has 0 aliphatic carbocycles. The van der Waals surface area contributed by atoms with Crippen molar-refractivity contribution in [3.63, 3.8) is 0 Å². The summed E-state index contributed by atoms with van der Waals surface area (Å²) in [5, 5.41) is 10.0. The van der Waals surface area contributed by atoms with E-state index in [0.29, 0.717) is 13.0 Å². The fourth-order valence-electron chi connectivity index (χ4n) is 1.95. The van der Waals surface area contributed by atoms with Crippen LogP contribution in [0.2, 0.25) is 0 Å².